The van der Waals surface area contributed by atoms with E-state index in [4.69, 9.17) is 10.00 Å². The van der Waals surface area contributed by atoms with Crippen LogP contribution in [0, 0.1) is 11.3 Å². The van der Waals surface area contributed by atoms with Crippen molar-refractivity contribution in [1.29, 1.82) is 5.26 Å². The Kier molecular flexibility index (Phi) is 3.39. The van der Waals surface area contributed by atoms with Gasteiger partial charge in [-0.25, -0.2) is 9.78 Å². The number of carbonyl (C=O) groups excluding carboxylic acids is 1. The lowest BCUT2D eigenvalue weighted by Gasteiger charge is -1.98. The number of pyridine rings is 1. The van der Waals surface area contributed by atoms with Crippen molar-refractivity contribution in [3.05, 3.63) is 35.7 Å². The summed E-state index contributed by atoms with van der Waals surface area (Å²) in [7, 11) is 0. The number of nitriles is 1. The fraction of sp³-hybridized carbons (Fsp3) is 0.154. The van der Waals surface area contributed by atoms with Crippen molar-refractivity contribution in [2.45, 2.75) is 6.92 Å². The fourth-order valence-corrected chi connectivity index (χ4v) is 1.60. The second-order valence-electron chi connectivity index (χ2n) is 3.53. The third kappa shape index (κ3) is 2.23. The molecule has 0 aliphatic carbocycles. The molecule has 0 amide bonds. The Morgan fingerprint density at radius 3 is 3.22 bits per heavy atom. The minimum Gasteiger partial charge on any atom is -0.462 e. The number of aromatic amines is 1. The highest BCUT2D eigenvalue weighted by atomic mass is 16.5. The normalized spacial score (nSPS) is 11.2. The van der Waals surface area contributed by atoms with Gasteiger partial charge >= 0.3 is 5.97 Å². The average molecular weight is 241 g/mol. The predicted octanol–water partition coefficient (Wildman–Crippen LogP) is 2.03. The van der Waals surface area contributed by atoms with E-state index in [9.17, 15) is 4.79 Å². The van der Waals surface area contributed by atoms with E-state index in [1.807, 2.05) is 12.1 Å². The molecule has 0 bridgehead atoms. The molecular formula is C13H11N3O2. The van der Waals surface area contributed by atoms with E-state index in [2.05, 4.69) is 9.97 Å². The van der Waals surface area contributed by atoms with Gasteiger partial charge in [0.2, 0.25) is 0 Å². The fourth-order valence-electron chi connectivity index (χ4n) is 1.60. The smallest absolute Gasteiger partial charge is 0.348 e. The Bertz CT molecular complexity index is 650. The number of aromatic nitrogens is 2. The second-order valence-corrected chi connectivity index (χ2v) is 3.53. The molecule has 5 heteroatoms. The van der Waals surface area contributed by atoms with Crippen molar-refractivity contribution >= 4 is 23.1 Å². The summed E-state index contributed by atoms with van der Waals surface area (Å²) < 4.78 is 4.80. The van der Waals surface area contributed by atoms with Gasteiger partial charge in [-0.2, -0.15) is 5.26 Å². The van der Waals surface area contributed by atoms with Crippen LogP contribution < -0.4 is 0 Å². The first-order valence-corrected chi connectivity index (χ1v) is 5.47. The molecule has 5 nitrogen and oxygen atoms in total. The van der Waals surface area contributed by atoms with Gasteiger partial charge in [0.05, 0.1) is 6.61 Å². The van der Waals surface area contributed by atoms with E-state index in [1.54, 1.807) is 25.4 Å². The molecule has 2 aromatic heterocycles. The molecule has 0 radical (unpaired) electrons. The van der Waals surface area contributed by atoms with Gasteiger partial charge in [0.15, 0.2) is 0 Å². The second kappa shape index (κ2) is 5.15. The lowest BCUT2D eigenvalue weighted by molar-refractivity contribution is -0.137. The van der Waals surface area contributed by atoms with E-state index in [0.29, 0.717) is 5.65 Å². The highest BCUT2D eigenvalue weighted by Gasteiger charge is 2.11. The minimum atomic E-state index is -0.613. The largest absolute Gasteiger partial charge is 0.462 e. The topological polar surface area (TPSA) is 78.8 Å². The molecule has 2 rings (SSSR count). The first-order chi connectivity index (χ1) is 8.76. The summed E-state index contributed by atoms with van der Waals surface area (Å²) in [5.74, 6) is -0.613. The van der Waals surface area contributed by atoms with E-state index >= 15 is 0 Å². The molecule has 0 aromatic carbocycles. The van der Waals surface area contributed by atoms with Gasteiger partial charge in [0.25, 0.3) is 0 Å². The number of nitrogens with zero attached hydrogens (tertiary/aromatic N) is 2. The first kappa shape index (κ1) is 11.9. The highest BCUT2D eigenvalue weighted by Crippen LogP contribution is 2.18. The van der Waals surface area contributed by atoms with Crippen molar-refractivity contribution in [3.8, 4) is 6.07 Å². The summed E-state index contributed by atoms with van der Waals surface area (Å²) in [5.41, 5.74) is 1.43. The maximum absolute atomic E-state index is 11.5. The molecule has 0 aliphatic rings. The van der Waals surface area contributed by atoms with E-state index in [1.165, 1.54) is 6.08 Å². The molecule has 0 atom stereocenters. The number of fused-ring (bicyclic) bond motifs is 1. The van der Waals surface area contributed by atoms with Gasteiger partial charge in [-0.15, -0.1) is 0 Å². The van der Waals surface area contributed by atoms with Crippen LogP contribution >= 0.6 is 0 Å². The lowest BCUT2D eigenvalue weighted by atomic mass is 10.1. The van der Waals surface area contributed by atoms with Crippen molar-refractivity contribution < 1.29 is 9.53 Å². The molecule has 0 fully saturated rings. The molecular weight excluding hydrogens is 230 g/mol. The van der Waals surface area contributed by atoms with Gasteiger partial charge in [-0.1, -0.05) is 0 Å². The minimum absolute atomic E-state index is 0.0263. The van der Waals surface area contributed by atoms with Crippen LogP contribution in [0.3, 0.4) is 0 Å². The van der Waals surface area contributed by atoms with Crippen molar-refractivity contribution in [1.82, 2.24) is 9.97 Å². The Labute approximate surface area is 104 Å². The maximum Gasteiger partial charge on any atom is 0.348 e. The Morgan fingerprint density at radius 2 is 2.50 bits per heavy atom. The number of rotatable bonds is 3. The molecule has 0 spiro atoms. The van der Waals surface area contributed by atoms with Gasteiger partial charge < -0.3 is 9.72 Å². The molecule has 2 aromatic rings. The van der Waals surface area contributed by atoms with Crippen LogP contribution in [0.25, 0.3) is 17.1 Å². The summed E-state index contributed by atoms with van der Waals surface area (Å²) in [6, 6.07) is 5.50. The molecule has 0 unspecified atom stereocenters. The molecule has 0 saturated heterocycles. The average Bonchev–Trinajstić information content (AvgIpc) is 2.79. The van der Waals surface area contributed by atoms with Gasteiger partial charge in [0, 0.05) is 23.3 Å². The van der Waals surface area contributed by atoms with Crippen LogP contribution in [-0.4, -0.2) is 22.5 Å². The highest BCUT2D eigenvalue weighted by molar-refractivity contribution is 6.00. The number of hydrogen-bond acceptors (Lipinski definition) is 4. The molecule has 0 saturated carbocycles. The van der Waals surface area contributed by atoms with Gasteiger partial charge in [-0.05, 0) is 25.1 Å². The van der Waals surface area contributed by atoms with Crippen LogP contribution in [0.5, 0.6) is 0 Å². The summed E-state index contributed by atoms with van der Waals surface area (Å²) in [6.45, 7) is 1.94. The maximum atomic E-state index is 11.5. The Morgan fingerprint density at radius 1 is 1.67 bits per heavy atom. The van der Waals surface area contributed by atoms with Crippen LogP contribution in [0.1, 0.15) is 12.5 Å². The zero-order valence-electron chi connectivity index (χ0n) is 9.80. The lowest BCUT2D eigenvalue weighted by Crippen LogP contribution is -2.05. The van der Waals surface area contributed by atoms with Crippen LogP contribution in [-0.2, 0) is 9.53 Å². The van der Waals surface area contributed by atoms with Crippen LogP contribution in [0.15, 0.2) is 30.1 Å². The summed E-state index contributed by atoms with van der Waals surface area (Å²) in [4.78, 5) is 18.6. The van der Waals surface area contributed by atoms with E-state index in [-0.39, 0.29) is 12.2 Å². The quantitative estimate of drug-likeness (QED) is 0.506. The number of nitrogens with one attached hydrogen (secondary N) is 1. The van der Waals surface area contributed by atoms with Crippen LogP contribution in [0.2, 0.25) is 0 Å². The summed E-state index contributed by atoms with van der Waals surface area (Å²) in [6.07, 6.45) is 4.87. The van der Waals surface area contributed by atoms with E-state index < -0.39 is 5.97 Å². The molecule has 90 valence electrons. The standard InChI is InChI=1S/C13H11N3O2/c1-2-18-13(17)9(7-14)6-10-8-16-12-11(10)4-3-5-15-12/h3-6,8H,2H2,1H3,(H,15,16). The van der Waals surface area contributed by atoms with Crippen LogP contribution in [0.4, 0.5) is 0 Å². The SMILES string of the molecule is CCOC(=O)C(C#N)=Cc1c[nH]c2ncccc12. The summed E-state index contributed by atoms with van der Waals surface area (Å²) in [5, 5.41) is 9.81. The van der Waals surface area contributed by atoms with Gasteiger partial charge in [0.1, 0.15) is 17.3 Å². The first-order valence-electron chi connectivity index (χ1n) is 5.47. The number of carbonyl (C=O) groups is 1. The predicted molar refractivity (Wildman–Crippen MR) is 66.3 cm³/mol. The van der Waals surface area contributed by atoms with E-state index in [0.717, 1.165) is 10.9 Å². The molecule has 18 heavy (non-hydrogen) atoms. The number of H-pyrrole nitrogens is 1. The molecule has 1 N–H and O–H groups in total. The zero-order valence-corrected chi connectivity index (χ0v) is 9.80. The molecule has 2 heterocycles. The monoisotopic (exact) mass is 241 g/mol. The number of hydrogen-bond donors (Lipinski definition) is 1. The number of ether oxygens (including phenoxy) is 1. The van der Waals surface area contributed by atoms with Gasteiger partial charge in [-0.3, -0.25) is 0 Å². The molecule has 0 aliphatic heterocycles. The Hall–Kier alpha value is -2.61. The number of esters is 1. The Balaban J connectivity index is 2.42. The summed E-state index contributed by atoms with van der Waals surface area (Å²) >= 11 is 0. The zero-order chi connectivity index (χ0) is 13.0. The van der Waals surface area contributed by atoms with Crippen molar-refractivity contribution in [2.24, 2.45) is 0 Å². The van der Waals surface area contributed by atoms with Crippen molar-refractivity contribution in [3.63, 3.8) is 0 Å². The third-order valence-electron chi connectivity index (χ3n) is 2.40. The van der Waals surface area contributed by atoms with Crippen molar-refractivity contribution in [2.75, 3.05) is 6.61 Å². The third-order valence-corrected chi connectivity index (χ3v) is 2.40.